The van der Waals surface area contributed by atoms with E-state index >= 15 is 0 Å². The molecule has 1 atom stereocenters. The molecule has 1 N–H and O–H groups in total. The van der Waals surface area contributed by atoms with Gasteiger partial charge in [-0.1, -0.05) is 24.3 Å². The van der Waals surface area contributed by atoms with E-state index in [0.29, 0.717) is 6.42 Å². The number of carboxylic acids is 1. The lowest BCUT2D eigenvalue weighted by atomic mass is 9.99. The molecule has 3 rings (SSSR count). The topological polar surface area (TPSA) is 70.5 Å². The number of amides is 1. The molecule has 0 radical (unpaired) electrons. The fourth-order valence-electron chi connectivity index (χ4n) is 3.28. The van der Waals surface area contributed by atoms with E-state index in [1.165, 1.54) is 6.20 Å². The average Bonchev–Trinajstić information content (AvgIpc) is 3.06. The third-order valence-electron chi connectivity index (χ3n) is 4.47. The number of carboxylic acid groups (broad SMARTS) is 1. The van der Waals surface area contributed by atoms with E-state index in [2.05, 4.69) is 17.1 Å². The maximum absolute atomic E-state index is 11.7. The van der Waals surface area contributed by atoms with Crippen molar-refractivity contribution in [3.8, 4) is 0 Å². The maximum atomic E-state index is 11.7. The molecule has 1 amide bonds. The van der Waals surface area contributed by atoms with E-state index < -0.39 is 5.97 Å². The fraction of sp³-hybridized carbons (Fsp3) is 0.316. The number of likely N-dealkylation sites (tertiary alicyclic amines) is 1. The second-order valence-corrected chi connectivity index (χ2v) is 6.18. The minimum Gasteiger partial charge on any atom is -0.478 e. The van der Waals surface area contributed by atoms with Crippen LogP contribution in [0.2, 0.25) is 0 Å². The molecule has 24 heavy (non-hydrogen) atoms. The zero-order valence-corrected chi connectivity index (χ0v) is 13.6. The highest BCUT2D eigenvalue weighted by molar-refractivity contribution is 5.87. The van der Waals surface area contributed by atoms with Gasteiger partial charge in [0.2, 0.25) is 5.91 Å². The molecule has 1 unspecified atom stereocenters. The van der Waals surface area contributed by atoms with Crippen LogP contribution in [-0.4, -0.2) is 33.4 Å². The zero-order valence-electron chi connectivity index (χ0n) is 13.6. The Morgan fingerprint density at radius 3 is 2.62 bits per heavy atom. The van der Waals surface area contributed by atoms with Crippen LogP contribution in [0.3, 0.4) is 0 Å². The van der Waals surface area contributed by atoms with Crippen LogP contribution in [-0.2, 0) is 11.2 Å². The number of hydrogen-bond acceptors (Lipinski definition) is 3. The molecule has 1 aromatic carbocycles. The predicted octanol–water partition coefficient (Wildman–Crippen LogP) is 3.05. The van der Waals surface area contributed by atoms with Crippen molar-refractivity contribution < 1.29 is 14.7 Å². The van der Waals surface area contributed by atoms with Gasteiger partial charge in [0.05, 0.1) is 11.6 Å². The lowest BCUT2D eigenvalue weighted by molar-refractivity contribution is -0.129. The molecule has 2 heterocycles. The van der Waals surface area contributed by atoms with Gasteiger partial charge in [-0.05, 0) is 42.0 Å². The Balaban J connectivity index is 1.74. The van der Waals surface area contributed by atoms with Crippen molar-refractivity contribution in [3.63, 3.8) is 0 Å². The quantitative estimate of drug-likeness (QED) is 0.938. The Hall–Kier alpha value is -2.69. The van der Waals surface area contributed by atoms with Crippen LogP contribution in [0.1, 0.15) is 52.9 Å². The first-order valence-corrected chi connectivity index (χ1v) is 8.08. The van der Waals surface area contributed by atoms with Gasteiger partial charge in [-0.15, -0.1) is 0 Å². The molecular formula is C19H20N2O3. The molecule has 0 aliphatic carbocycles. The highest BCUT2D eigenvalue weighted by Gasteiger charge is 2.27. The first kappa shape index (κ1) is 16.2. The first-order valence-electron chi connectivity index (χ1n) is 8.08. The number of aromatic nitrogens is 1. The molecule has 1 aliphatic rings. The lowest BCUT2D eigenvalue weighted by Crippen LogP contribution is -2.27. The third-order valence-corrected chi connectivity index (χ3v) is 4.47. The minimum atomic E-state index is -0.967. The van der Waals surface area contributed by atoms with E-state index in [0.717, 1.165) is 36.1 Å². The highest BCUT2D eigenvalue weighted by Crippen LogP contribution is 2.32. The smallest absolute Gasteiger partial charge is 0.337 e. The fourth-order valence-corrected chi connectivity index (χ4v) is 3.28. The molecule has 124 valence electrons. The van der Waals surface area contributed by atoms with Crippen molar-refractivity contribution in [1.82, 2.24) is 9.88 Å². The monoisotopic (exact) mass is 324 g/mol. The second kappa shape index (κ2) is 6.83. The van der Waals surface area contributed by atoms with Crippen LogP contribution in [0.5, 0.6) is 0 Å². The molecule has 2 aromatic rings. The third kappa shape index (κ3) is 3.45. The first-order chi connectivity index (χ1) is 11.5. The van der Waals surface area contributed by atoms with Gasteiger partial charge in [-0.2, -0.15) is 0 Å². The van der Waals surface area contributed by atoms with Crippen molar-refractivity contribution in [2.45, 2.75) is 32.2 Å². The maximum Gasteiger partial charge on any atom is 0.337 e. The van der Waals surface area contributed by atoms with Crippen LogP contribution >= 0.6 is 0 Å². The van der Waals surface area contributed by atoms with Gasteiger partial charge in [0.25, 0.3) is 0 Å². The van der Waals surface area contributed by atoms with Crippen molar-refractivity contribution in [2.24, 2.45) is 0 Å². The van der Waals surface area contributed by atoms with Crippen LogP contribution in [0.25, 0.3) is 0 Å². The standard InChI is InChI=1S/C19H20N2O3/c1-13(22)21-8-2-3-18(21)16-6-4-14(5-7-16)9-15-10-17(19(23)24)12-20-11-15/h4-7,10-12,18H,2-3,8-9H2,1H3,(H,23,24). The molecule has 0 spiro atoms. The molecular weight excluding hydrogens is 304 g/mol. The molecule has 1 saturated heterocycles. The summed E-state index contributed by atoms with van der Waals surface area (Å²) in [5, 5.41) is 9.03. The van der Waals surface area contributed by atoms with Gasteiger partial charge >= 0.3 is 5.97 Å². The number of benzene rings is 1. The summed E-state index contributed by atoms with van der Waals surface area (Å²) in [4.78, 5) is 28.6. The van der Waals surface area contributed by atoms with Crippen molar-refractivity contribution >= 4 is 11.9 Å². The summed E-state index contributed by atoms with van der Waals surface area (Å²) >= 11 is 0. The number of carbonyl (C=O) groups excluding carboxylic acids is 1. The van der Waals surface area contributed by atoms with Crippen molar-refractivity contribution in [1.29, 1.82) is 0 Å². The molecule has 1 aliphatic heterocycles. The second-order valence-electron chi connectivity index (χ2n) is 6.18. The molecule has 0 bridgehead atoms. The highest BCUT2D eigenvalue weighted by atomic mass is 16.4. The van der Waals surface area contributed by atoms with Gasteiger partial charge in [0.1, 0.15) is 0 Å². The Bertz CT molecular complexity index is 755. The molecule has 1 aromatic heterocycles. The van der Waals surface area contributed by atoms with E-state index in [9.17, 15) is 9.59 Å². The summed E-state index contributed by atoms with van der Waals surface area (Å²) < 4.78 is 0. The number of nitrogens with zero attached hydrogens (tertiary/aromatic N) is 2. The number of hydrogen-bond donors (Lipinski definition) is 1. The molecule has 5 nitrogen and oxygen atoms in total. The number of rotatable bonds is 4. The van der Waals surface area contributed by atoms with E-state index in [4.69, 9.17) is 5.11 Å². The van der Waals surface area contributed by atoms with Crippen LogP contribution in [0, 0.1) is 0 Å². The largest absolute Gasteiger partial charge is 0.478 e. The Morgan fingerprint density at radius 1 is 1.21 bits per heavy atom. The van der Waals surface area contributed by atoms with Gasteiger partial charge in [0.15, 0.2) is 0 Å². The SMILES string of the molecule is CC(=O)N1CCCC1c1ccc(Cc2cncc(C(=O)O)c2)cc1. The lowest BCUT2D eigenvalue weighted by Gasteiger charge is -2.23. The van der Waals surface area contributed by atoms with Crippen LogP contribution in [0.15, 0.2) is 42.7 Å². The van der Waals surface area contributed by atoms with Gasteiger partial charge in [-0.3, -0.25) is 9.78 Å². The molecule has 5 heteroatoms. The van der Waals surface area contributed by atoms with Crippen molar-refractivity contribution in [3.05, 3.63) is 65.0 Å². The Morgan fingerprint density at radius 2 is 1.96 bits per heavy atom. The summed E-state index contributed by atoms with van der Waals surface area (Å²) in [6.07, 6.45) is 5.72. The van der Waals surface area contributed by atoms with Gasteiger partial charge in [0, 0.05) is 25.9 Å². The number of pyridine rings is 1. The van der Waals surface area contributed by atoms with E-state index in [-0.39, 0.29) is 17.5 Å². The van der Waals surface area contributed by atoms with Gasteiger partial charge < -0.3 is 10.0 Å². The van der Waals surface area contributed by atoms with Crippen molar-refractivity contribution in [2.75, 3.05) is 6.54 Å². The Kier molecular flexibility index (Phi) is 4.60. The summed E-state index contributed by atoms with van der Waals surface area (Å²) in [6, 6.07) is 10.0. The molecule has 0 saturated carbocycles. The van der Waals surface area contributed by atoms with Crippen LogP contribution in [0.4, 0.5) is 0 Å². The summed E-state index contributed by atoms with van der Waals surface area (Å²) in [5.41, 5.74) is 3.32. The normalized spacial score (nSPS) is 17.0. The van der Waals surface area contributed by atoms with Gasteiger partial charge in [-0.25, -0.2) is 4.79 Å². The van der Waals surface area contributed by atoms with E-state index in [1.807, 2.05) is 17.0 Å². The summed E-state index contributed by atoms with van der Waals surface area (Å²) in [7, 11) is 0. The zero-order chi connectivity index (χ0) is 17.1. The number of carbonyl (C=O) groups is 2. The minimum absolute atomic E-state index is 0.123. The summed E-state index contributed by atoms with van der Waals surface area (Å²) in [5.74, 6) is -0.844. The average molecular weight is 324 g/mol. The molecule has 1 fully saturated rings. The van der Waals surface area contributed by atoms with Crippen LogP contribution < -0.4 is 0 Å². The summed E-state index contributed by atoms with van der Waals surface area (Å²) in [6.45, 7) is 2.45. The predicted molar refractivity (Wildman–Crippen MR) is 89.8 cm³/mol. The number of aromatic carboxylic acids is 1. The van der Waals surface area contributed by atoms with E-state index in [1.54, 1.807) is 19.2 Å². The Labute approximate surface area is 140 Å².